The Morgan fingerprint density at radius 1 is 1.14 bits per heavy atom. The average molecular weight is 405 g/mol. The minimum atomic E-state index is -0.733. The standard InChI is InChI=1S/C21H32N4O4/c1-13(2)22-19(27)12-10-17(9-8-15(4)26)24-20(28)16(5)25(6)21(29)18-11-7-14(3)23-18/h7-9,11,13,16-17,23H,10,12H2,1-6H3,(H,22,27)(H,24,28)/b9-8+/t16-,17-/m1/s1. The molecule has 1 aromatic rings. The fourth-order valence-corrected chi connectivity index (χ4v) is 2.62. The lowest BCUT2D eigenvalue weighted by Crippen LogP contribution is -2.48. The van der Waals surface area contributed by atoms with Gasteiger partial charge in [-0.3, -0.25) is 19.2 Å². The molecule has 8 nitrogen and oxygen atoms in total. The topological polar surface area (TPSA) is 111 Å². The maximum absolute atomic E-state index is 12.7. The molecule has 3 N–H and O–H groups in total. The van der Waals surface area contributed by atoms with Gasteiger partial charge in [0.25, 0.3) is 5.91 Å². The normalized spacial score (nSPS) is 13.2. The van der Waals surface area contributed by atoms with Gasteiger partial charge in [-0.05, 0) is 59.2 Å². The van der Waals surface area contributed by atoms with E-state index < -0.39 is 12.1 Å². The van der Waals surface area contributed by atoms with Crippen LogP contribution in [0.3, 0.4) is 0 Å². The monoisotopic (exact) mass is 404 g/mol. The molecule has 0 radical (unpaired) electrons. The molecule has 0 saturated carbocycles. The van der Waals surface area contributed by atoms with Gasteiger partial charge >= 0.3 is 0 Å². The van der Waals surface area contributed by atoms with Crippen LogP contribution < -0.4 is 10.6 Å². The Hall–Kier alpha value is -2.90. The smallest absolute Gasteiger partial charge is 0.270 e. The third-order valence-corrected chi connectivity index (χ3v) is 4.37. The number of carbonyl (C=O) groups excluding carboxylic acids is 4. The van der Waals surface area contributed by atoms with Crippen molar-refractivity contribution in [2.24, 2.45) is 0 Å². The van der Waals surface area contributed by atoms with Crippen LogP contribution in [0.2, 0.25) is 0 Å². The van der Waals surface area contributed by atoms with Crippen molar-refractivity contribution >= 4 is 23.5 Å². The second kappa shape index (κ2) is 11.2. The van der Waals surface area contributed by atoms with Crippen LogP contribution in [0, 0.1) is 6.92 Å². The molecule has 3 amide bonds. The van der Waals surface area contributed by atoms with E-state index in [9.17, 15) is 19.2 Å². The second-order valence-electron chi connectivity index (χ2n) is 7.49. The van der Waals surface area contributed by atoms with E-state index in [-0.39, 0.29) is 36.0 Å². The lowest BCUT2D eigenvalue weighted by atomic mass is 10.1. The Kier molecular flexibility index (Phi) is 9.31. The predicted molar refractivity (Wildman–Crippen MR) is 111 cm³/mol. The molecule has 1 rings (SSSR count). The van der Waals surface area contributed by atoms with Gasteiger partial charge in [0, 0.05) is 31.2 Å². The zero-order valence-corrected chi connectivity index (χ0v) is 18.0. The van der Waals surface area contributed by atoms with E-state index in [1.165, 1.54) is 17.9 Å². The highest BCUT2D eigenvalue weighted by molar-refractivity contribution is 5.96. The Morgan fingerprint density at radius 2 is 1.79 bits per heavy atom. The summed E-state index contributed by atoms with van der Waals surface area (Å²) in [5.74, 6) is -0.948. The molecule has 1 heterocycles. The van der Waals surface area contributed by atoms with E-state index in [0.29, 0.717) is 12.1 Å². The van der Waals surface area contributed by atoms with Gasteiger partial charge in [0.05, 0.1) is 0 Å². The number of aromatic nitrogens is 1. The fourth-order valence-electron chi connectivity index (χ4n) is 2.62. The number of ketones is 1. The molecule has 0 spiro atoms. The molecule has 0 aromatic carbocycles. The highest BCUT2D eigenvalue weighted by atomic mass is 16.2. The van der Waals surface area contributed by atoms with Gasteiger partial charge in [-0.15, -0.1) is 0 Å². The first-order valence-corrected chi connectivity index (χ1v) is 9.72. The molecule has 0 unspecified atom stereocenters. The second-order valence-corrected chi connectivity index (χ2v) is 7.49. The lowest BCUT2D eigenvalue weighted by molar-refractivity contribution is -0.126. The number of likely N-dealkylation sites (N-methyl/N-ethyl adjacent to an activating group) is 1. The van der Waals surface area contributed by atoms with E-state index in [0.717, 1.165) is 5.69 Å². The van der Waals surface area contributed by atoms with Gasteiger partial charge in [0.2, 0.25) is 11.8 Å². The summed E-state index contributed by atoms with van der Waals surface area (Å²) >= 11 is 0. The molecule has 0 aliphatic carbocycles. The van der Waals surface area contributed by atoms with Gasteiger partial charge < -0.3 is 20.5 Å². The Morgan fingerprint density at radius 3 is 2.31 bits per heavy atom. The molecule has 0 bridgehead atoms. The van der Waals surface area contributed by atoms with Gasteiger partial charge in [-0.2, -0.15) is 0 Å². The van der Waals surface area contributed by atoms with E-state index >= 15 is 0 Å². The molecule has 0 saturated heterocycles. The van der Waals surface area contributed by atoms with Gasteiger partial charge in [0.15, 0.2) is 5.78 Å². The number of allylic oxidation sites excluding steroid dienone is 1. The minimum Gasteiger partial charge on any atom is -0.355 e. The minimum absolute atomic E-state index is 0.0274. The summed E-state index contributed by atoms with van der Waals surface area (Å²) in [4.78, 5) is 52.7. The molecule has 1 aromatic heterocycles. The van der Waals surface area contributed by atoms with Gasteiger partial charge in [0.1, 0.15) is 11.7 Å². The Bertz CT molecular complexity index is 766. The third-order valence-electron chi connectivity index (χ3n) is 4.37. The number of carbonyl (C=O) groups is 4. The summed E-state index contributed by atoms with van der Waals surface area (Å²) in [6.07, 6.45) is 3.49. The van der Waals surface area contributed by atoms with Crippen LogP contribution in [0.1, 0.15) is 56.7 Å². The summed E-state index contributed by atoms with van der Waals surface area (Å²) in [6.45, 7) is 8.61. The molecule has 0 fully saturated rings. The predicted octanol–water partition coefficient (Wildman–Crippen LogP) is 1.72. The van der Waals surface area contributed by atoms with E-state index in [2.05, 4.69) is 15.6 Å². The zero-order chi connectivity index (χ0) is 22.1. The maximum Gasteiger partial charge on any atom is 0.270 e. The van der Waals surface area contributed by atoms with Crippen LogP contribution in [-0.4, -0.2) is 58.6 Å². The van der Waals surface area contributed by atoms with Crippen molar-refractivity contribution < 1.29 is 19.2 Å². The summed E-state index contributed by atoms with van der Waals surface area (Å²) < 4.78 is 0. The van der Waals surface area contributed by atoms with E-state index in [4.69, 9.17) is 0 Å². The summed E-state index contributed by atoms with van der Waals surface area (Å²) in [6, 6.07) is 2.26. The van der Waals surface area contributed by atoms with Gasteiger partial charge in [-0.25, -0.2) is 0 Å². The number of H-pyrrole nitrogens is 1. The van der Waals surface area contributed by atoms with Crippen molar-refractivity contribution in [3.05, 3.63) is 35.7 Å². The van der Waals surface area contributed by atoms with E-state index in [1.54, 1.807) is 32.2 Å². The van der Waals surface area contributed by atoms with Crippen molar-refractivity contribution in [1.82, 2.24) is 20.5 Å². The first-order chi connectivity index (χ1) is 13.5. The number of aromatic amines is 1. The van der Waals surface area contributed by atoms with Crippen LogP contribution in [-0.2, 0) is 14.4 Å². The summed E-state index contributed by atoms with van der Waals surface area (Å²) in [5.41, 5.74) is 1.26. The molecule has 2 atom stereocenters. The SMILES string of the molecule is CC(=O)/C=C/[C@H](CCC(=O)NC(C)C)NC(=O)[C@@H](C)N(C)C(=O)c1ccc(C)[nH]1. The van der Waals surface area contributed by atoms with Crippen LogP contribution >= 0.6 is 0 Å². The van der Waals surface area contributed by atoms with Crippen LogP contribution in [0.15, 0.2) is 24.3 Å². The number of nitrogens with one attached hydrogen (secondary N) is 3. The molecular formula is C21H32N4O4. The van der Waals surface area contributed by atoms with Crippen LogP contribution in [0.5, 0.6) is 0 Å². The summed E-state index contributed by atoms with van der Waals surface area (Å²) in [7, 11) is 1.55. The molecule has 29 heavy (non-hydrogen) atoms. The molecule has 8 heteroatoms. The van der Waals surface area contributed by atoms with Crippen LogP contribution in [0.25, 0.3) is 0 Å². The molecule has 160 valence electrons. The highest BCUT2D eigenvalue weighted by Crippen LogP contribution is 2.08. The van der Waals surface area contributed by atoms with Crippen LogP contribution in [0.4, 0.5) is 0 Å². The molecule has 0 aliphatic heterocycles. The quantitative estimate of drug-likeness (QED) is 0.516. The largest absolute Gasteiger partial charge is 0.355 e. The maximum atomic E-state index is 12.7. The van der Waals surface area contributed by atoms with Crippen molar-refractivity contribution in [3.63, 3.8) is 0 Å². The fraction of sp³-hybridized carbons (Fsp3) is 0.524. The number of hydrogen-bond donors (Lipinski definition) is 3. The first kappa shape index (κ1) is 24.1. The van der Waals surface area contributed by atoms with Crippen molar-refractivity contribution in [3.8, 4) is 0 Å². The number of aryl methyl sites for hydroxylation is 1. The van der Waals surface area contributed by atoms with Crippen molar-refractivity contribution in [1.29, 1.82) is 0 Å². The van der Waals surface area contributed by atoms with E-state index in [1.807, 2.05) is 20.8 Å². The summed E-state index contributed by atoms with van der Waals surface area (Å²) in [5, 5.41) is 5.60. The zero-order valence-electron chi connectivity index (χ0n) is 18.0. The molecule has 0 aliphatic rings. The Balaban J connectivity index is 2.76. The number of nitrogens with zero attached hydrogens (tertiary/aromatic N) is 1. The Labute approximate surface area is 172 Å². The lowest BCUT2D eigenvalue weighted by Gasteiger charge is -2.25. The molecular weight excluding hydrogens is 372 g/mol. The number of hydrogen-bond acceptors (Lipinski definition) is 4. The first-order valence-electron chi connectivity index (χ1n) is 9.72. The average Bonchev–Trinajstić information content (AvgIpc) is 3.07. The number of rotatable bonds is 10. The van der Waals surface area contributed by atoms with Crippen molar-refractivity contribution in [2.45, 2.75) is 65.6 Å². The third kappa shape index (κ3) is 8.33. The number of amides is 3. The van der Waals surface area contributed by atoms with Crippen molar-refractivity contribution in [2.75, 3.05) is 7.05 Å². The highest BCUT2D eigenvalue weighted by Gasteiger charge is 2.25. The van der Waals surface area contributed by atoms with Gasteiger partial charge in [-0.1, -0.05) is 6.08 Å².